The van der Waals surface area contributed by atoms with Crippen LogP contribution in [-0.4, -0.2) is 25.7 Å². The van der Waals surface area contributed by atoms with E-state index in [1.807, 2.05) is 26.1 Å². The van der Waals surface area contributed by atoms with Crippen molar-refractivity contribution in [1.82, 2.24) is 20.2 Å². The number of hydrogen-bond acceptors (Lipinski definition) is 4. The van der Waals surface area contributed by atoms with Crippen molar-refractivity contribution in [2.24, 2.45) is 0 Å². The fourth-order valence-corrected chi connectivity index (χ4v) is 3.35. The average molecular weight is 308 g/mol. The van der Waals surface area contributed by atoms with Crippen LogP contribution in [-0.2, 0) is 23.1 Å². The van der Waals surface area contributed by atoms with Crippen molar-refractivity contribution in [3.63, 3.8) is 0 Å². The highest BCUT2D eigenvalue weighted by molar-refractivity contribution is 7.89. The second kappa shape index (κ2) is 6.38. The Hall–Kier alpha value is -1.70. The molecule has 0 fully saturated rings. The lowest BCUT2D eigenvalue weighted by atomic mass is 10.1. The maximum absolute atomic E-state index is 12.5. The van der Waals surface area contributed by atoms with Gasteiger partial charge in [0, 0.05) is 24.3 Å². The van der Waals surface area contributed by atoms with Crippen LogP contribution >= 0.6 is 0 Å². The topological polar surface area (TPSA) is 86.9 Å². The summed E-state index contributed by atoms with van der Waals surface area (Å²) in [7, 11) is -1.72. The third-order valence-electron chi connectivity index (χ3n) is 3.31. The maximum atomic E-state index is 12.5. The summed E-state index contributed by atoms with van der Waals surface area (Å²) in [5, 5.41) is 9.69. The summed E-state index contributed by atoms with van der Waals surface area (Å²) in [4.78, 5) is 0.316. The van der Waals surface area contributed by atoms with Crippen LogP contribution in [0, 0.1) is 13.8 Å². The minimum atomic E-state index is -3.54. The van der Waals surface area contributed by atoms with Crippen LogP contribution in [0.4, 0.5) is 0 Å². The van der Waals surface area contributed by atoms with Gasteiger partial charge in [-0.3, -0.25) is 5.10 Å². The molecule has 0 saturated carbocycles. The summed E-state index contributed by atoms with van der Waals surface area (Å²) < 4.78 is 27.5. The van der Waals surface area contributed by atoms with Gasteiger partial charge in [-0.25, -0.2) is 13.1 Å². The highest BCUT2D eigenvalue weighted by atomic mass is 32.2. The lowest BCUT2D eigenvalue weighted by Gasteiger charge is -2.11. The Balaban J connectivity index is 2.22. The largest absolute Gasteiger partial charge is 0.316 e. The van der Waals surface area contributed by atoms with Gasteiger partial charge in [-0.2, -0.15) is 5.10 Å². The normalized spacial score (nSPS) is 11.8. The van der Waals surface area contributed by atoms with Gasteiger partial charge in [-0.15, -0.1) is 0 Å². The lowest BCUT2D eigenvalue weighted by Crippen LogP contribution is -2.24. The molecule has 1 aromatic heterocycles. The van der Waals surface area contributed by atoms with Crippen molar-refractivity contribution in [2.45, 2.75) is 31.8 Å². The summed E-state index contributed by atoms with van der Waals surface area (Å²) in [6, 6.07) is 5.45. The molecule has 114 valence electrons. The van der Waals surface area contributed by atoms with Crippen molar-refractivity contribution >= 4 is 10.0 Å². The molecule has 0 aliphatic heterocycles. The number of rotatable bonds is 6. The molecule has 0 aliphatic rings. The van der Waals surface area contributed by atoms with E-state index in [0.717, 1.165) is 22.4 Å². The second-order valence-corrected chi connectivity index (χ2v) is 6.71. The van der Waals surface area contributed by atoms with Crippen LogP contribution in [0.1, 0.15) is 22.4 Å². The number of H-pyrrole nitrogens is 1. The highest BCUT2D eigenvalue weighted by Gasteiger charge is 2.17. The minimum Gasteiger partial charge on any atom is -0.316 e. The zero-order valence-electron chi connectivity index (χ0n) is 12.4. The van der Waals surface area contributed by atoms with Crippen LogP contribution in [0.15, 0.2) is 29.3 Å². The van der Waals surface area contributed by atoms with Crippen molar-refractivity contribution in [2.75, 3.05) is 7.05 Å². The van der Waals surface area contributed by atoms with E-state index in [2.05, 4.69) is 20.2 Å². The van der Waals surface area contributed by atoms with E-state index in [-0.39, 0.29) is 6.54 Å². The van der Waals surface area contributed by atoms with E-state index in [9.17, 15) is 8.42 Å². The van der Waals surface area contributed by atoms with Crippen molar-refractivity contribution < 1.29 is 8.42 Å². The van der Waals surface area contributed by atoms with E-state index < -0.39 is 10.0 Å². The summed E-state index contributed by atoms with van der Waals surface area (Å²) >= 11 is 0. The third-order valence-corrected chi connectivity index (χ3v) is 4.85. The minimum absolute atomic E-state index is 0.223. The fraction of sp³-hybridized carbons (Fsp3) is 0.357. The van der Waals surface area contributed by atoms with Crippen LogP contribution in [0.3, 0.4) is 0 Å². The standard InChI is InChI=1S/C14H20N4O2S/c1-10-4-5-12(7-15-3)6-14(10)21(19,20)17-9-13-8-16-18-11(13)2/h4-6,8,15,17H,7,9H2,1-3H3,(H,16,18). The van der Waals surface area contributed by atoms with Gasteiger partial charge in [0.2, 0.25) is 10.0 Å². The van der Waals surface area contributed by atoms with Crippen molar-refractivity contribution in [1.29, 1.82) is 0 Å². The Kier molecular flexibility index (Phi) is 4.76. The molecule has 0 amide bonds. The van der Waals surface area contributed by atoms with Crippen molar-refractivity contribution in [3.05, 3.63) is 46.8 Å². The molecule has 3 N–H and O–H groups in total. The molecule has 0 spiro atoms. The van der Waals surface area contributed by atoms with Gasteiger partial charge in [0.05, 0.1) is 11.1 Å². The quantitative estimate of drug-likeness (QED) is 0.749. The van der Waals surface area contributed by atoms with E-state index in [4.69, 9.17) is 0 Å². The summed E-state index contributed by atoms with van der Waals surface area (Å²) in [6.45, 7) is 4.50. The molecule has 21 heavy (non-hydrogen) atoms. The highest BCUT2D eigenvalue weighted by Crippen LogP contribution is 2.17. The van der Waals surface area contributed by atoms with Crippen LogP contribution in [0.5, 0.6) is 0 Å². The van der Waals surface area contributed by atoms with Gasteiger partial charge in [0.1, 0.15) is 0 Å². The van der Waals surface area contributed by atoms with Crippen molar-refractivity contribution in [3.8, 4) is 0 Å². The molecular formula is C14H20N4O2S. The van der Waals surface area contributed by atoms with E-state index in [1.54, 1.807) is 19.2 Å². The zero-order chi connectivity index (χ0) is 15.5. The van der Waals surface area contributed by atoms with E-state index in [1.165, 1.54) is 0 Å². The van der Waals surface area contributed by atoms with E-state index >= 15 is 0 Å². The van der Waals surface area contributed by atoms with Gasteiger partial charge in [-0.05, 0) is 38.1 Å². The molecule has 0 atom stereocenters. The molecule has 6 nitrogen and oxygen atoms in total. The lowest BCUT2D eigenvalue weighted by molar-refractivity contribution is 0.580. The number of nitrogens with zero attached hydrogens (tertiary/aromatic N) is 1. The maximum Gasteiger partial charge on any atom is 0.241 e. The second-order valence-electron chi connectivity index (χ2n) is 4.97. The molecular weight excluding hydrogens is 288 g/mol. The molecule has 0 aliphatic carbocycles. The third kappa shape index (κ3) is 3.69. The number of nitrogens with one attached hydrogen (secondary N) is 3. The smallest absolute Gasteiger partial charge is 0.241 e. The first kappa shape index (κ1) is 15.7. The summed E-state index contributed by atoms with van der Waals surface area (Å²) in [5.41, 5.74) is 3.36. The molecule has 1 aromatic carbocycles. The van der Waals surface area contributed by atoms with Crippen LogP contribution in [0.25, 0.3) is 0 Å². The number of aromatic amines is 1. The molecule has 1 heterocycles. The van der Waals surface area contributed by atoms with Gasteiger partial charge in [0.15, 0.2) is 0 Å². The van der Waals surface area contributed by atoms with Crippen LogP contribution < -0.4 is 10.0 Å². The Bertz CT molecular complexity index is 722. The number of benzene rings is 1. The Labute approximate surface area is 125 Å². The van der Waals surface area contributed by atoms with Gasteiger partial charge in [0.25, 0.3) is 0 Å². The molecule has 0 saturated heterocycles. The average Bonchev–Trinajstić information content (AvgIpc) is 2.84. The SMILES string of the molecule is CNCc1ccc(C)c(S(=O)(=O)NCc2cn[nH]c2C)c1. The summed E-state index contributed by atoms with van der Waals surface area (Å²) in [6.07, 6.45) is 1.63. The number of aryl methyl sites for hydroxylation is 2. The fourth-order valence-electron chi connectivity index (χ4n) is 2.05. The van der Waals surface area contributed by atoms with E-state index in [0.29, 0.717) is 11.4 Å². The molecule has 0 unspecified atom stereocenters. The first-order valence-electron chi connectivity index (χ1n) is 6.66. The first-order valence-corrected chi connectivity index (χ1v) is 8.15. The van der Waals surface area contributed by atoms with Crippen LogP contribution in [0.2, 0.25) is 0 Å². The molecule has 0 bridgehead atoms. The predicted octanol–water partition coefficient (Wildman–Crippen LogP) is 1.22. The van der Waals surface area contributed by atoms with Gasteiger partial charge >= 0.3 is 0 Å². The first-order chi connectivity index (χ1) is 9.94. The Morgan fingerprint density at radius 2 is 2.00 bits per heavy atom. The van der Waals surface area contributed by atoms with Gasteiger partial charge in [-0.1, -0.05) is 12.1 Å². The Morgan fingerprint density at radius 1 is 1.24 bits per heavy atom. The predicted molar refractivity (Wildman–Crippen MR) is 81.3 cm³/mol. The molecule has 2 rings (SSSR count). The zero-order valence-corrected chi connectivity index (χ0v) is 13.2. The number of hydrogen-bond donors (Lipinski definition) is 3. The molecule has 2 aromatic rings. The molecule has 0 radical (unpaired) electrons. The van der Waals surface area contributed by atoms with Gasteiger partial charge < -0.3 is 5.32 Å². The summed E-state index contributed by atoms with van der Waals surface area (Å²) in [5.74, 6) is 0. The molecule has 7 heteroatoms. The Morgan fingerprint density at radius 3 is 2.62 bits per heavy atom. The number of aromatic nitrogens is 2. The monoisotopic (exact) mass is 308 g/mol. The number of sulfonamides is 1.